The average molecular weight is 1700 g/mol. The summed E-state index contributed by atoms with van der Waals surface area (Å²) < 4.78 is 13.1. The molecule has 0 radical (unpaired) electrons. The molecule has 1 aliphatic heterocycles. The summed E-state index contributed by atoms with van der Waals surface area (Å²) in [5.41, 5.74) is 29.5. The summed E-state index contributed by atoms with van der Waals surface area (Å²) in [5, 5.41) is 0.654. The minimum Gasteiger partial charge on any atom is -0.399 e. The Morgan fingerprint density at radius 3 is 0.708 bits per heavy atom. The van der Waals surface area contributed by atoms with Gasteiger partial charge in [-0.25, -0.2) is 29.9 Å². The summed E-state index contributed by atoms with van der Waals surface area (Å²) in [4.78, 5) is 40.2. The van der Waals surface area contributed by atoms with E-state index in [2.05, 4.69) is 385 Å². The lowest BCUT2D eigenvalue weighted by Gasteiger charge is -2.32. The lowest BCUT2D eigenvalue weighted by molar-refractivity contribution is 0.00578. The fraction of sp³-hybridized carbons (Fsp3) is 0.0508. The van der Waals surface area contributed by atoms with Gasteiger partial charge in [0.15, 0.2) is 34.9 Å². The molecule has 5 heterocycles. The summed E-state index contributed by atoms with van der Waals surface area (Å²) in [5.74, 6) is 3.58. The number of pyridine rings is 2. The molecular formula is C118H88BClN8O2. The summed E-state index contributed by atoms with van der Waals surface area (Å²) in [7, 11) is -0.547. The Bertz CT molecular complexity index is 7040. The quantitative estimate of drug-likeness (QED) is 0.0768. The molecule has 4 aromatic heterocycles. The van der Waals surface area contributed by atoms with Gasteiger partial charge in [0.2, 0.25) is 0 Å². The molecule has 0 saturated carbocycles. The van der Waals surface area contributed by atoms with Gasteiger partial charge in [0.1, 0.15) is 0 Å². The zero-order chi connectivity index (χ0) is 88.2. The van der Waals surface area contributed by atoms with E-state index in [-0.39, 0.29) is 0 Å². The molecule has 0 bridgehead atoms. The Labute approximate surface area is 764 Å². The Morgan fingerprint density at radius 1 is 0.192 bits per heavy atom. The van der Waals surface area contributed by atoms with E-state index in [9.17, 15) is 0 Å². The van der Waals surface area contributed by atoms with Crippen molar-refractivity contribution in [3.63, 3.8) is 0 Å². The highest BCUT2D eigenvalue weighted by molar-refractivity contribution is 6.62. The molecule has 0 aliphatic carbocycles. The van der Waals surface area contributed by atoms with Gasteiger partial charge < -0.3 is 9.31 Å². The van der Waals surface area contributed by atoms with Gasteiger partial charge >= 0.3 is 7.12 Å². The van der Waals surface area contributed by atoms with E-state index in [1.54, 1.807) is 6.20 Å². The molecule has 130 heavy (non-hydrogen) atoms. The summed E-state index contributed by atoms with van der Waals surface area (Å²) in [6, 6.07) is 155. The molecule has 0 unspecified atom stereocenters. The fourth-order valence-corrected chi connectivity index (χ4v) is 16.2. The first-order valence-corrected chi connectivity index (χ1v) is 44.0. The molecule has 1 aliphatic rings. The van der Waals surface area contributed by atoms with Gasteiger partial charge in [-0.3, -0.25) is 9.97 Å². The predicted molar refractivity (Wildman–Crippen MR) is 535 cm³/mol. The zero-order valence-electron chi connectivity index (χ0n) is 72.2. The third-order valence-electron chi connectivity index (χ3n) is 23.8. The highest BCUT2D eigenvalue weighted by Gasteiger charge is 2.52. The maximum atomic E-state index is 6.54. The molecule has 0 N–H and O–H groups in total. The second-order valence-corrected chi connectivity index (χ2v) is 33.4. The minimum atomic E-state index is -0.547. The first kappa shape index (κ1) is 83.7. The van der Waals surface area contributed by atoms with Gasteiger partial charge in [-0.1, -0.05) is 418 Å². The van der Waals surface area contributed by atoms with Crippen LogP contribution >= 0.6 is 11.6 Å². The number of aromatic nitrogens is 8. The number of rotatable bonds is 18. The van der Waals surface area contributed by atoms with Crippen molar-refractivity contribution in [2.45, 2.75) is 38.9 Å². The van der Waals surface area contributed by atoms with Gasteiger partial charge in [0.25, 0.3) is 0 Å². The van der Waals surface area contributed by atoms with Gasteiger partial charge in [-0.05, 0) is 170 Å². The van der Waals surface area contributed by atoms with Crippen LogP contribution in [-0.2, 0) is 9.31 Å². The molecule has 20 aromatic rings. The standard InChI is InChI=1S/C56H38N4.C45H38BN3O2.C17H12ClN/c1-5-15-39(16-6-1)42-25-29-45(30-26-42)54-58-55(46-31-27-43(28-32-46)40-17-7-2-8-18-40)60-56(59-54)50-36-48(41-19-9-3-10-20-41)35-49(37-50)47-33-34-53(57-38-47)52-24-14-13-23-51(52)44-21-11-4-12-22-44;1-44(2)45(3,4)51-46(50-44)40-29-38(33-18-12-7-13-19-33)28-39(30-40)43-48-41(36-24-20-34(21-25-36)31-14-8-5-9-15-31)47-42(49-43)37-26-22-35(23-27-37)32-16-10-6-11-17-32;18-14-10-11-17(19-12-14)16-9-5-4-8-15(16)13-6-2-1-3-7-13/h1-38H;5-30H,1-4H3;1-12H. The lowest BCUT2D eigenvalue weighted by Crippen LogP contribution is -2.41. The van der Waals surface area contributed by atoms with Crippen molar-refractivity contribution in [1.82, 2.24) is 39.9 Å². The van der Waals surface area contributed by atoms with E-state index < -0.39 is 18.3 Å². The lowest BCUT2D eigenvalue weighted by atomic mass is 9.77. The van der Waals surface area contributed by atoms with Crippen LogP contribution in [0.4, 0.5) is 0 Å². The Balaban J connectivity index is 0.000000141. The molecule has 21 rings (SSSR count). The SMILES string of the molecule is CC1(C)OB(c2cc(-c3ccccc3)cc(-c3nc(-c4ccc(-c5ccccc5)cc4)nc(-c4ccc(-c5ccccc5)cc4)n3)c2)OC1(C)C.Clc1ccc(-c2ccccc2-c2ccccc2)nc1.c1ccc(-c2ccc(-c3nc(-c4ccc(-c5ccccc5)cc4)nc(-c4cc(-c5ccccc5)cc(-c5ccc(-c6ccccc6-c6ccccc6)nc5)c4)n3)cc2)cc1. The number of benzene rings is 16. The van der Waals surface area contributed by atoms with Crippen LogP contribution in [0.5, 0.6) is 0 Å². The van der Waals surface area contributed by atoms with Crippen molar-refractivity contribution in [3.05, 3.63) is 466 Å². The Morgan fingerprint density at radius 2 is 0.408 bits per heavy atom. The van der Waals surface area contributed by atoms with E-state index in [4.69, 9.17) is 55.8 Å². The molecular weight excluding hydrogens is 1610 g/mol. The van der Waals surface area contributed by atoms with E-state index in [1.807, 2.05) is 103 Å². The summed E-state index contributed by atoms with van der Waals surface area (Å²) >= 11 is 5.89. The van der Waals surface area contributed by atoms with Crippen LogP contribution in [0.3, 0.4) is 0 Å². The number of hydrogen-bond donors (Lipinski definition) is 0. The van der Waals surface area contributed by atoms with Crippen molar-refractivity contribution in [1.29, 1.82) is 0 Å². The number of hydrogen-bond acceptors (Lipinski definition) is 10. The monoisotopic (exact) mass is 1690 g/mol. The van der Waals surface area contributed by atoms with Gasteiger partial charge in [-0.2, -0.15) is 0 Å². The van der Waals surface area contributed by atoms with Gasteiger partial charge in [0, 0.05) is 62.5 Å². The molecule has 12 heteroatoms. The fourth-order valence-electron chi connectivity index (χ4n) is 16.1. The molecule has 16 aromatic carbocycles. The van der Waals surface area contributed by atoms with Crippen molar-refractivity contribution < 1.29 is 9.31 Å². The van der Waals surface area contributed by atoms with E-state index in [0.717, 1.165) is 150 Å². The van der Waals surface area contributed by atoms with Crippen molar-refractivity contribution in [3.8, 4) is 191 Å². The van der Waals surface area contributed by atoms with E-state index in [1.165, 1.54) is 11.1 Å². The molecule has 1 fully saturated rings. The number of halogens is 1. The predicted octanol–water partition coefficient (Wildman–Crippen LogP) is 29.5. The molecule has 0 spiro atoms. The second kappa shape index (κ2) is 38.1. The van der Waals surface area contributed by atoms with Gasteiger partial charge in [-0.15, -0.1) is 0 Å². The summed E-state index contributed by atoms with van der Waals surface area (Å²) in [6.45, 7) is 8.30. The summed E-state index contributed by atoms with van der Waals surface area (Å²) in [6.07, 6.45) is 3.65. The average Bonchev–Trinajstić information content (AvgIpc) is 1.61. The molecule has 0 amide bonds. The van der Waals surface area contributed by atoms with E-state index in [0.29, 0.717) is 40.0 Å². The third kappa shape index (κ3) is 19.1. The Hall–Kier alpha value is -15.9. The van der Waals surface area contributed by atoms with Crippen LogP contribution in [0.1, 0.15) is 27.7 Å². The van der Waals surface area contributed by atoms with Crippen molar-refractivity contribution >= 4 is 24.2 Å². The highest BCUT2D eigenvalue weighted by atomic mass is 35.5. The van der Waals surface area contributed by atoms with Crippen LogP contribution in [-0.4, -0.2) is 58.2 Å². The zero-order valence-corrected chi connectivity index (χ0v) is 73.0. The maximum absolute atomic E-state index is 6.54. The molecule has 0 atom stereocenters. The largest absolute Gasteiger partial charge is 0.494 e. The third-order valence-corrected chi connectivity index (χ3v) is 24.0. The molecule has 622 valence electrons. The second-order valence-electron chi connectivity index (χ2n) is 33.0. The maximum Gasteiger partial charge on any atom is 0.494 e. The van der Waals surface area contributed by atoms with Crippen LogP contribution in [0.25, 0.3) is 191 Å². The number of nitrogens with zero attached hydrogens (tertiary/aromatic N) is 8. The van der Waals surface area contributed by atoms with Crippen LogP contribution in [0, 0.1) is 0 Å². The molecule has 1 saturated heterocycles. The first-order valence-electron chi connectivity index (χ1n) is 43.6. The molecule has 10 nitrogen and oxygen atoms in total. The highest BCUT2D eigenvalue weighted by Crippen LogP contribution is 2.42. The first-order chi connectivity index (χ1) is 63.8. The van der Waals surface area contributed by atoms with Gasteiger partial charge in [0.05, 0.1) is 27.6 Å². The van der Waals surface area contributed by atoms with E-state index >= 15 is 0 Å². The minimum absolute atomic E-state index is 0.480. The van der Waals surface area contributed by atoms with Crippen molar-refractivity contribution in [2.75, 3.05) is 0 Å². The smallest absolute Gasteiger partial charge is 0.399 e. The van der Waals surface area contributed by atoms with Crippen LogP contribution in [0.15, 0.2) is 461 Å². The topological polar surface area (TPSA) is 122 Å². The normalized spacial score (nSPS) is 12.4. The Kier molecular flexibility index (Phi) is 24.5. The van der Waals surface area contributed by atoms with Crippen LogP contribution in [0.2, 0.25) is 5.02 Å². The van der Waals surface area contributed by atoms with Crippen LogP contribution < -0.4 is 5.46 Å². The van der Waals surface area contributed by atoms with Crippen molar-refractivity contribution in [2.24, 2.45) is 0 Å².